The second-order valence-electron chi connectivity index (χ2n) is 4.10. The van der Waals surface area contributed by atoms with Crippen LogP contribution in [0.2, 0.25) is 0 Å². The number of carbonyl (C=O) groups excluding carboxylic acids is 1. The molecule has 0 heterocycles. The van der Waals surface area contributed by atoms with E-state index in [1.807, 2.05) is 12.1 Å². The zero-order valence-electron chi connectivity index (χ0n) is 10.7. The molecule has 2 aromatic rings. The molecule has 0 saturated carbocycles. The number of halogens is 2. The molecule has 102 valence electrons. The molecule has 2 rings (SSSR count). The fourth-order valence-electron chi connectivity index (χ4n) is 1.79. The molecule has 2 radical (unpaired) electrons. The molecular weight excluding hydrogens is 276 g/mol. The molecule has 0 bridgehead atoms. The number of amides is 1. The van der Waals surface area contributed by atoms with Crippen LogP contribution in [0.1, 0.15) is 10.4 Å². The molecule has 0 aliphatic carbocycles. The average Bonchev–Trinajstić information content (AvgIpc) is 2.49. The van der Waals surface area contributed by atoms with Gasteiger partial charge in [0.1, 0.15) is 0 Å². The van der Waals surface area contributed by atoms with Crippen molar-refractivity contribution in [3.8, 4) is 0 Å². The predicted molar refractivity (Wildman–Crippen MR) is 76.3 cm³/mol. The Labute approximate surface area is 118 Å². The smallest absolute Gasteiger partial charge is 0.257 e. The fourth-order valence-corrected chi connectivity index (χ4v) is 2.43. The monoisotopic (exact) mass is 289 g/mol. The van der Waals surface area contributed by atoms with Crippen LogP contribution in [0, 0.1) is 0 Å². The van der Waals surface area contributed by atoms with Crippen molar-refractivity contribution in [3.63, 3.8) is 0 Å². The quantitative estimate of drug-likeness (QED) is 0.774. The highest BCUT2D eigenvalue weighted by atomic mass is 28.2. The zero-order valence-corrected chi connectivity index (χ0v) is 11.7. The number of rotatable bonds is 5. The van der Waals surface area contributed by atoms with E-state index >= 15 is 0 Å². The van der Waals surface area contributed by atoms with Crippen LogP contribution in [-0.4, -0.2) is 27.6 Å². The van der Waals surface area contributed by atoms with Gasteiger partial charge < -0.3 is 4.90 Å². The zero-order chi connectivity index (χ0) is 14.4. The van der Waals surface area contributed by atoms with Gasteiger partial charge in [-0.2, -0.15) is 0 Å². The lowest BCUT2D eigenvalue weighted by Gasteiger charge is -2.22. The molecule has 0 fully saturated rings. The van der Waals surface area contributed by atoms with Crippen molar-refractivity contribution >= 4 is 21.1 Å². The molecule has 0 N–H and O–H groups in total. The predicted octanol–water partition coefficient (Wildman–Crippen LogP) is 3.22. The molecule has 0 aliphatic rings. The van der Waals surface area contributed by atoms with Crippen LogP contribution in [0.25, 0.3) is 0 Å². The van der Waals surface area contributed by atoms with Gasteiger partial charge in [-0.15, -0.1) is 0 Å². The van der Waals surface area contributed by atoms with Crippen LogP contribution in [0.4, 0.5) is 14.5 Å². The summed E-state index contributed by atoms with van der Waals surface area (Å²) in [6.45, 7) is 0. The summed E-state index contributed by atoms with van der Waals surface area (Å²) in [7, 11) is -0.596. The second kappa shape index (κ2) is 6.95. The Morgan fingerprint density at radius 1 is 1.00 bits per heavy atom. The molecule has 2 nitrogen and oxygen atoms in total. The number of hydrogen-bond acceptors (Lipinski definition) is 1. The van der Waals surface area contributed by atoms with Crippen LogP contribution in [0.15, 0.2) is 60.7 Å². The summed E-state index contributed by atoms with van der Waals surface area (Å²) in [5.41, 5.74) is 1.13. The topological polar surface area (TPSA) is 20.3 Å². The minimum absolute atomic E-state index is 0.0232. The van der Waals surface area contributed by atoms with E-state index in [0.717, 1.165) is 0 Å². The molecule has 20 heavy (non-hydrogen) atoms. The first kappa shape index (κ1) is 14.4. The summed E-state index contributed by atoms with van der Waals surface area (Å²) < 4.78 is 24.9. The highest BCUT2D eigenvalue weighted by Gasteiger charge is 2.19. The number of benzene rings is 2. The first-order chi connectivity index (χ1) is 9.68. The van der Waals surface area contributed by atoms with Gasteiger partial charge in [0.2, 0.25) is 6.05 Å². The second-order valence-corrected chi connectivity index (χ2v) is 5.26. The van der Waals surface area contributed by atoms with E-state index in [4.69, 9.17) is 0 Å². The van der Waals surface area contributed by atoms with E-state index in [-0.39, 0.29) is 12.1 Å². The third-order valence-corrected chi connectivity index (χ3v) is 3.54. The maximum Gasteiger partial charge on any atom is 0.257 e. The van der Waals surface area contributed by atoms with Crippen LogP contribution in [-0.2, 0) is 0 Å². The van der Waals surface area contributed by atoms with Crippen LogP contribution in [0.3, 0.4) is 0 Å². The number of nitrogens with zero attached hydrogens (tertiary/aromatic N) is 1. The Bertz CT molecular complexity index is 548. The van der Waals surface area contributed by atoms with Crippen LogP contribution < -0.4 is 4.90 Å². The molecule has 0 saturated heterocycles. The van der Waals surface area contributed by atoms with Crippen LogP contribution in [0.5, 0.6) is 0 Å². The minimum Gasteiger partial charge on any atom is -0.312 e. The van der Waals surface area contributed by atoms with E-state index in [1.54, 1.807) is 48.5 Å². The van der Waals surface area contributed by atoms with E-state index in [0.29, 0.717) is 11.3 Å². The number of hydrogen-bond donors (Lipinski definition) is 0. The number of carbonyl (C=O) groups is 1. The van der Waals surface area contributed by atoms with E-state index in [1.165, 1.54) is 4.90 Å². The summed E-state index contributed by atoms with van der Waals surface area (Å²) in [6, 6.07) is 15.2. The molecule has 2 aromatic carbocycles. The highest BCUT2D eigenvalue weighted by molar-refractivity contribution is 6.39. The van der Waals surface area contributed by atoms with Gasteiger partial charge in [-0.05, 0) is 24.3 Å². The molecule has 5 heteroatoms. The van der Waals surface area contributed by atoms with E-state index in [2.05, 4.69) is 0 Å². The van der Waals surface area contributed by atoms with Crippen molar-refractivity contribution in [1.29, 1.82) is 0 Å². The van der Waals surface area contributed by atoms with Crippen molar-refractivity contribution in [2.45, 2.75) is 6.05 Å². The SMILES string of the molecule is O=C(c1ccccc1)N(C[Si]C(F)F)c1ccccc1. The van der Waals surface area contributed by atoms with Gasteiger partial charge in [-0.1, -0.05) is 36.4 Å². The average molecular weight is 289 g/mol. The van der Waals surface area contributed by atoms with Crippen molar-refractivity contribution in [3.05, 3.63) is 66.2 Å². The summed E-state index contributed by atoms with van der Waals surface area (Å²) >= 11 is 0. The third kappa shape index (κ3) is 3.74. The molecule has 0 aliphatic heterocycles. The van der Waals surface area contributed by atoms with Gasteiger partial charge in [0.25, 0.3) is 5.91 Å². The molecule has 0 atom stereocenters. The Hall–Kier alpha value is -2.01. The van der Waals surface area contributed by atoms with Crippen molar-refractivity contribution in [1.82, 2.24) is 0 Å². The Kier molecular flexibility index (Phi) is 5.01. The van der Waals surface area contributed by atoms with Crippen molar-refractivity contribution in [2.75, 3.05) is 11.1 Å². The number of alkyl halides is 2. The third-order valence-electron chi connectivity index (χ3n) is 2.74. The van der Waals surface area contributed by atoms with Gasteiger partial charge in [-0.3, -0.25) is 4.79 Å². The molecular formula is C15H13F2NOSi. The molecule has 0 unspecified atom stereocenters. The normalized spacial score (nSPS) is 10.6. The Morgan fingerprint density at radius 2 is 1.55 bits per heavy atom. The Morgan fingerprint density at radius 3 is 2.10 bits per heavy atom. The van der Waals surface area contributed by atoms with Gasteiger partial charge >= 0.3 is 0 Å². The maximum absolute atomic E-state index is 12.5. The first-order valence-corrected chi connectivity index (χ1v) is 7.40. The van der Waals surface area contributed by atoms with Gasteiger partial charge in [0.05, 0.1) is 0 Å². The summed E-state index contributed by atoms with van der Waals surface area (Å²) in [5.74, 6) is -0.259. The molecule has 1 amide bonds. The maximum atomic E-state index is 12.5. The number of anilines is 1. The minimum atomic E-state index is -2.40. The standard InChI is InChI=1S/C15H13F2NOSi/c16-15(17)20-11-18(13-9-5-2-6-10-13)14(19)12-7-3-1-4-8-12/h1-10,15H,11H2. The fraction of sp³-hybridized carbons (Fsp3) is 0.133. The van der Waals surface area contributed by atoms with E-state index < -0.39 is 15.6 Å². The lowest BCUT2D eigenvalue weighted by Crippen LogP contribution is -2.36. The van der Waals surface area contributed by atoms with Gasteiger partial charge in [-0.25, -0.2) is 8.78 Å². The highest BCUT2D eigenvalue weighted by Crippen LogP contribution is 2.16. The van der Waals surface area contributed by atoms with Crippen LogP contribution >= 0.6 is 0 Å². The first-order valence-electron chi connectivity index (χ1n) is 6.12. The summed E-state index contributed by atoms with van der Waals surface area (Å²) in [5, 5.41) is 0. The summed E-state index contributed by atoms with van der Waals surface area (Å²) in [6.07, 6.45) is 0.0232. The van der Waals surface area contributed by atoms with E-state index in [9.17, 15) is 13.6 Å². The lowest BCUT2D eigenvalue weighted by molar-refractivity contribution is 0.0990. The lowest BCUT2D eigenvalue weighted by atomic mass is 10.2. The largest absolute Gasteiger partial charge is 0.312 e. The molecule has 0 spiro atoms. The van der Waals surface area contributed by atoms with Crippen molar-refractivity contribution < 1.29 is 13.6 Å². The van der Waals surface area contributed by atoms with Crippen molar-refractivity contribution in [2.24, 2.45) is 0 Å². The number of para-hydroxylation sites is 1. The molecule has 0 aromatic heterocycles. The van der Waals surface area contributed by atoms with Gasteiger partial charge in [0.15, 0.2) is 9.52 Å². The summed E-state index contributed by atoms with van der Waals surface area (Å²) in [4.78, 5) is 13.8. The Balaban J connectivity index is 2.25. The van der Waals surface area contributed by atoms with Gasteiger partial charge in [0, 0.05) is 17.4 Å².